The van der Waals surface area contributed by atoms with E-state index in [-0.39, 0.29) is 6.04 Å². The fourth-order valence-corrected chi connectivity index (χ4v) is 3.14. The molecule has 2 aromatic rings. The molecule has 1 aliphatic rings. The number of fused-ring (bicyclic) bond motifs is 1. The van der Waals surface area contributed by atoms with E-state index in [0.29, 0.717) is 6.61 Å². The first-order valence-electron chi connectivity index (χ1n) is 6.98. The summed E-state index contributed by atoms with van der Waals surface area (Å²) in [7, 11) is 0. The van der Waals surface area contributed by atoms with Crippen LogP contribution in [0.15, 0.2) is 46.9 Å². The van der Waals surface area contributed by atoms with E-state index in [0.717, 1.165) is 28.6 Å². The van der Waals surface area contributed by atoms with Crippen LogP contribution in [0.1, 0.15) is 35.6 Å². The summed E-state index contributed by atoms with van der Waals surface area (Å²) >= 11 is 3.47. The predicted molar refractivity (Wildman–Crippen MR) is 84.8 cm³/mol. The van der Waals surface area contributed by atoms with Crippen LogP contribution in [-0.2, 0) is 13.0 Å². The molecule has 0 saturated heterocycles. The van der Waals surface area contributed by atoms with E-state index in [9.17, 15) is 0 Å². The summed E-state index contributed by atoms with van der Waals surface area (Å²) in [4.78, 5) is 0. The molecular formula is C17H18BrNO. The van der Waals surface area contributed by atoms with E-state index in [2.05, 4.69) is 46.3 Å². The van der Waals surface area contributed by atoms with Gasteiger partial charge in [0, 0.05) is 10.5 Å². The van der Waals surface area contributed by atoms with Crippen molar-refractivity contribution in [3.63, 3.8) is 0 Å². The van der Waals surface area contributed by atoms with Gasteiger partial charge in [-0.3, -0.25) is 0 Å². The summed E-state index contributed by atoms with van der Waals surface area (Å²) in [6.07, 6.45) is 3.39. The van der Waals surface area contributed by atoms with Crippen molar-refractivity contribution in [1.82, 2.24) is 0 Å². The van der Waals surface area contributed by atoms with Gasteiger partial charge in [-0.25, -0.2) is 0 Å². The number of aryl methyl sites for hydroxylation is 1. The minimum absolute atomic E-state index is 0.160. The van der Waals surface area contributed by atoms with Crippen LogP contribution in [0.3, 0.4) is 0 Å². The Hall–Kier alpha value is -1.32. The highest BCUT2D eigenvalue weighted by Crippen LogP contribution is 2.31. The van der Waals surface area contributed by atoms with Crippen molar-refractivity contribution in [2.45, 2.75) is 31.9 Å². The van der Waals surface area contributed by atoms with Crippen molar-refractivity contribution in [3.8, 4) is 5.75 Å². The van der Waals surface area contributed by atoms with Gasteiger partial charge in [0.15, 0.2) is 0 Å². The molecule has 1 unspecified atom stereocenters. The summed E-state index contributed by atoms with van der Waals surface area (Å²) in [5.74, 6) is 0.904. The summed E-state index contributed by atoms with van der Waals surface area (Å²) in [6.45, 7) is 0.577. The van der Waals surface area contributed by atoms with Crippen molar-refractivity contribution in [2.75, 3.05) is 0 Å². The number of hydrogen-bond donors (Lipinski definition) is 1. The zero-order chi connectivity index (χ0) is 13.9. The van der Waals surface area contributed by atoms with Gasteiger partial charge in [-0.1, -0.05) is 34.1 Å². The molecule has 0 radical (unpaired) electrons. The first kappa shape index (κ1) is 13.7. The van der Waals surface area contributed by atoms with Crippen LogP contribution >= 0.6 is 15.9 Å². The molecule has 2 N–H and O–H groups in total. The highest BCUT2D eigenvalue weighted by Gasteiger charge is 2.17. The van der Waals surface area contributed by atoms with Crippen molar-refractivity contribution in [3.05, 3.63) is 63.6 Å². The Morgan fingerprint density at radius 1 is 1.20 bits per heavy atom. The van der Waals surface area contributed by atoms with Crippen LogP contribution in [-0.4, -0.2) is 0 Å². The first-order chi connectivity index (χ1) is 9.72. The fraction of sp³-hybridized carbons (Fsp3) is 0.294. The van der Waals surface area contributed by atoms with Crippen molar-refractivity contribution in [1.29, 1.82) is 0 Å². The maximum atomic E-state index is 6.18. The molecule has 0 spiro atoms. The molecule has 0 aromatic heterocycles. The molecule has 20 heavy (non-hydrogen) atoms. The number of rotatable bonds is 3. The number of ether oxygens (including phenoxy) is 1. The van der Waals surface area contributed by atoms with E-state index in [1.807, 2.05) is 12.1 Å². The zero-order valence-corrected chi connectivity index (χ0v) is 12.9. The quantitative estimate of drug-likeness (QED) is 0.906. The van der Waals surface area contributed by atoms with Gasteiger partial charge in [0.2, 0.25) is 0 Å². The molecule has 3 heteroatoms. The number of benzene rings is 2. The Labute approximate surface area is 128 Å². The van der Waals surface area contributed by atoms with Gasteiger partial charge in [0.05, 0.1) is 0 Å². The third-order valence-electron chi connectivity index (χ3n) is 3.77. The normalized spacial score (nSPS) is 17.6. The standard InChI is InChI=1S/C17H18BrNO/c18-14-5-1-3-12(9-14)11-20-15-8-7-13-4-2-6-17(19)16(13)10-15/h1,3,5,7-10,17H,2,4,6,11,19H2. The molecule has 3 rings (SSSR count). The van der Waals surface area contributed by atoms with Gasteiger partial charge < -0.3 is 10.5 Å². The van der Waals surface area contributed by atoms with Crippen LogP contribution in [0.25, 0.3) is 0 Å². The average molecular weight is 332 g/mol. The topological polar surface area (TPSA) is 35.2 Å². The van der Waals surface area contributed by atoms with E-state index >= 15 is 0 Å². The third kappa shape index (κ3) is 3.05. The zero-order valence-electron chi connectivity index (χ0n) is 11.3. The van der Waals surface area contributed by atoms with Gasteiger partial charge >= 0.3 is 0 Å². The maximum absolute atomic E-state index is 6.18. The molecule has 0 saturated carbocycles. The molecule has 1 aliphatic carbocycles. The predicted octanol–water partition coefficient (Wildman–Crippen LogP) is 4.36. The average Bonchev–Trinajstić information content (AvgIpc) is 2.46. The molecule has 0 heterocycles. The molecule has 0 amide bonds. The van der Waals surface area contributed by atoms with E-state index in [4.69, 9.17) is 10.5 Å². The Morgan fingerprint density at radius 3 is 2.95 bits per heavy atom. The molecular weight excluding hydrogens is 314 g/mol. The van der Waals surface area contributed by atoms with Crippen molar-refractivity contribution < 1.29 is 4.74 Å². The lowest BCUT2D eigenvalue weighted by molar-refractivity contribution is 0.305. The molecule has 2 nitrogen and oxygen atoms in total. The molecule has 2 aromatic carbocycles. The second kappa shape index (κ2) is 5.98. The molecule has 1 atom stereocenters. The Balaban J connectivity index is 1.73. The second-order valence-corrected chi connectivity index (χ2v) is 6.19. The van der Waals surface area contributed by atoms with Gasteiger partial charge in [-0.05, 0) is 60.2 Å². The van der Waals surface area contributed by atoms with Gasteiger partial charge in [-0.15, -0.1) is 0 Å². The summed E-state index contributed by atoms with van der Waals surface area (Å²) in [6, 6.07) is 14.6. The van der Waals surface area contributed by atoms with Crippen LogP contribution in [0.5, 0.6) is 5.75 Å². The lowest BCUT2D eigenvalue weighted by Gasteiger charge is -2.22. The number of nitrogens with two attached hydrogens (primary N) is 1. The summed E-state index contributed by atoms with van der Waals surface area (Å²) in [5, 5.41) is 0. The maximum Gasteiger partial charge on any atom is 0.120 e. The number of hydrogen-bond acceptors (Lipinski definition) is 2. The Bertz CT molecular complexity index is 612. The molecule has 0 bridgehead atoms. The van der Waals surface area contributed by atoms with E-state index in [1.165, 1.54) is 17.5 Å². The summed E-state index contributed by atoms with van der Waals surface area (Å²) < 4.78 is 6.96. The minimum Gasteiger partial charge on any atom is -0.489 e. The Kier molecular flexibility index (Phi) is 4.08. The lowest BCUT2D eigenvalue weighted by Crippen LogP contribution is -2.17. The van der Waals surface area contributed by atoms with Crippen LogP contribution < -0.4 is 10.5 Å². The third-order valence-corrected chi connectivity index (χ3v) is 4.27. The molecule has 0 aliphatic heterocycles. The minimum atomic E-state index is 0.160. The number of halogens is 1. The highest BCUT2D eigenvalue weighted by atomic mass is 79.9. The largest absolute Gasteiger partial charge is 0.489 e. The van der Waals surface area contributed by atoms with Gasteiger partial charge in [-0.2, -0.15) is 0 Å². The summed E-state index contributed by atoms with van der Waals surface area (Å²) in [5.41, 5.74) is 9.96. The van der Waals surface area contributed by atoms with Crippen molar-refractivity contribution in [2.24, 2.45) is 5.73 Å². The van der Waals surface area contributed by atoms with Crippen molar-refractivity contribution >= 4 is 15.9 Å². The fourth-order valence-electron chi connectivity index (χ4n) is 2.70. The monoisotopic (exact) mass is 331 g/mol. The smallest absolute Gasteiger partial charge is 0.120 e. The highest BCUT2D eigenvalue weighted by molar-refractivity contribution is 9.10. The SMILES string of the molecule is NC1CCCc2ccc(OCc3cccc(Br)c3)cc21. The van der Waals surface area contributed by atoms with E-state index in [1.54, 1.807) is 0 Å². The van der Waals surface area contributed by atoms with Gasteiger partial charge in [0.25, 0.3) is 0 Å². The van der Waals surface area contributed by atoms with Gasteiger partial charge in [0.1, 0.15) is 12.4 Å². The van der Waals surface area contributed by atoms with Crippen LogP contribution in [0, 0.1) is 0 Å². The molecule has 0 fully saturated rings. The first-order valence-corrected chi connectivity index (χ1v) is 7.77. The van der Waals surface area contributed by atoms with E-state index < -0.39 is 0 Å². The lowest BCUT2D eigenvalue weighted by atomic mass is 9.88. The van der Waals surface area contributed by atoms with Crippen LogP contribution in [0.2, 0.25) is 0 Å². The second-order valence-electron chi connectivity index (χ2n) is 5.28. The molecule has 104 valence electrons. The van der Waals surface area contributed by atoms with Crippen LogP contribution in [0.4, 0.5) is 0 Å². The Morgan fingerprint density at radius 2 is 2.10 bits per heavy atom.